The molecule has 2 N–H and O–H groups in total. The van der Waals surface area contributed by atoms with Gasteiger partial charge in [0, 0.05) is 7.05 Å². The van der Waals surface area contributed by atoms with Crippen molar-refractivity contribution >= 4 is 17.5 Å². The zero-order valence-electron chi connectivity index (χ0n) is 13.7. The van der Waals surface area contributed by atoms with Crippen molar-refractivity contribution in [3.8, 4) is 5.75 Å². The predicted molar refractivity (Wildman–Crippen MR) is 86.2 cm³/mol. The molecule has 1 aromatic heterocycles. The summed E-state index contributed by atoms with van der Waals surface area (Å²) in [6.45, 7) is 3.02. The van der Waals surface area contributed by atoms with E-state index in [1.165, 1.54) is 18.2 Å². The van der Waals surface area contributed by atoms with Gasteiger partial charge in [-0.3, -0.25) is 14.3 Å². The van der Waals surface area contributed by atoms with Crippen LogP contribution < -0.4 is 15.4 Å². The molecular formula is C16H19FN4O3. The smallest absolute Gasteiger partial charge is 0.258 e. The number of halogens is 1. The molecular weight excluding hydrogens is 315 g/mol. The minimum Gasteiger partial charge on any atom is -0.481 e. The summed E-state index contributed by atoms with van der Waals surface area (Å²) in [7, 11) is 1.78. The molecule has 2 aromatic rings. The van der Waals surface area contributed by atoms with Crippen molar-refractivity contribution in [3.63, 3.8) is 0 Å². The minimum absolute atomic E-state index is 0.0151. The molecule has 8 heteroatoms. The molecule has 0 spiro atoms. The normalized spacial score (nSPS) is 10.3. The third-order valence-electron chi connectivity index (χ3n) is 3.41. The van der Waals surface area contributed by atoms with Gasteiger partial charge < -0.3 is 15.4 Å². The number of nitrogens with one attached hydrogen (secondary N) is 2. The van der Waals surface area contributed by atoms with Crippen LogP contribution in [0.3, 0.4) is 0 Å². The SMILES string of the molecule is Cc1nn(C)c(C)c1NC(=O)CNC(=O)COc1ccccc1F. The molecule has 0 aliphatic heterocycles. The molecule has 128 valence electrons. The molecule has 0 atom stereocenters. The first kappa shape index (κ1) is 17.5. The summed E-state index contributed by atoms with van der Waals surface area (Å²) in [5.74, 6) is -1.47. The molecule has 0 saturated heterocycles. The highest BCUT2D eigenvalue weighted by Crippen LogP contribution is 2.18. The second-order valence-electron chi connectivity index (χ2n) is 5.21. The maximum absolute atomic E-state index is 13.3. The highest BCUT2D eigenvalue weighted by molar-refractivity contribution is 5.95. The number of benzene rings is 1. The molecule has 0 saturated carbocycles. The van der Waals surface area contributed by atoms with Gasteiger partial charge in [-0.2, -0.15) is 5.10 Å². The van der Waals surface area contributed by atoms with Gasteiger partial charge in [0.2, 0.25) is 5.91 Å². The number of anilines is 1. The van der Waals surface area contributed by atoms with Gasteiger partial charge >= 0.3 is 0 Å². The van der Waals surface area contributed by atoms with Gasteiger partial charge in [-0.1, -0.05) is 12.1 Å². The third-order valence-corrected chi connectivity index (χ3v) is 3.41. The highest BCUT2D eigenvalue weighted by atomic mass is 19.1. The summed E-state index contributed by atoms with van der Waals surface area (Å²) in [5, 5.41) is 9.30. The van der Waals surface area contributed by atoms with E-state index < -0.39 is 11.7 Å². The first-order valence-electron chi connectivity index (χ1n) is 7.32. The molecule has 2 amide bonds. The Labute approximate surface area is 138 Å². The van der Waals surface area contributed by atoms with Crippen LogP contribution in [0.25, 0.3) is 0 Å². The predicted octanol–water partition coefficient (Wildman–Crippen LogP) is 1.31. The van der Waals surface area contributed by atoms with Gasteiger partial charge in [0.25, 0.3) is 5.91 Å². The van der Waals surface area contributed by atoms with E-state index >= 15 is 0 Å². The summed E-state index contributed by atoms with van der Waals surface area (Å²) < 4.78 is 20.1. The van der Waals surface area contributed by atoms with Crippen molar-refractivity contribution in [1.82, 2.24) is 15.1 Å². The lowest BCUT2D eigenvalue weighted by atomic mass is 10.3. The Morgan fingerprint density at radius 3 is 2.58 bits per heavy atom. The van der Waals surface area contributed by atoms with Gasteiger partial charge in [0.15, 0.2) is 18.2 Å². The second-order valence-corrected chi connectivity index (χ2v) is 5.21. The van der Waals surface area contributed by atoms with Crippen LogP contribution in [0.4, 0.5) is 10.1 Å². The van der Waals surface area contributed by atoms with E-state index in [1.54, 1.807) is 24.7 Å². The zero-order chi connectivity index (χ0) is 17.7. The van der Waals surface area contributed by atoms with Crippen LogP contribution in [0.2, 0.25) is 0 Å². The van der Waals surface area contributed by atoms with Gasteiger partial charge in [0.05, 0.1) is 23.6 Å². The number of aryl methyl sites for hydroxylation is 2. The van der Waals surface area contributed by atoms with Gasteiger partial charge in [0.1, 0.15) is 0 Å². The molecule has 7 nitrogen and oxygen atoms in total. The Morgan fingerprint density at radius 2 is 1.96 bits per heavy atom. The van der Waals surface area contributed by atoms with Crippen LogP contribution in [0.1, 0.15) is 11.4 Å². The Balaban J connectivity index is 1.79. The Bertz CT molecular complexity index is 758. The van der Waals surface area contributed by atoms with E-state index in [0.717, 1.165) is 5.69 Å². The van der Waals surface area contributed by atoms with E-state index in [0.29, 0.717) is 11.4 Å². The van der Waals surface area contributed by atoms with E-state index in [9.17, 15) is 14.0 Å². The summed E-state index contributed by atoms with van der Waals surface area (Å²) in [5.41, 5.74) is 2.13. The van der Waals surface area contributed by atoms with Crippen LogP contribution in [-0.2, 0) is 16.6 Å². The summed E-state index contributed by atoms with van der Waals surface area (Å²) in [4.78, 5) is 23.6. The van der Waals surface area contributed by atoms with Crippen LogP contribution in [0, 0.1) is 19.7 Å². The van der Waals surface area contributed by atoms with E-state index in [1.807, 2.05) is 6.92 Å². The lowest BCUT2D eigenvalue weighted by molar-refractivity contribution is -0.125. The molecule has 0 unspecified atom stereocenters. The average Bonchev–Trinajstić information content (AvgIpc) is 2.78. The number of carbonyl (C=O) groups excluding carboxylic acids is 2. The van der Waals surface area contributed by atoms with Crippen molar-refractivity contribution in [2.24, 2.45) is 7.05 Å². The molecule has 24 heavy (non-hydrogen) atoms. The fourth-order valence-electron chi connectivity index (χ4n) is 2.07. The first-order chi connectivity index (χ1) is 11.4. The molecule has 0 aliphatic carbocycles. The Kier molecular flexibility index (Phi) is 5.51. The largest absolute Gasteiger partial charge is 0.481 e. The maximum atomic E-state index is 13.3. The Morgan fingerprint density at radius 1 is 1.25 bits per heavy atom. The van der Waals surface area contributed by atoms with Gasteiger partial charge in [-0.05, 0) is 26.0 Å². The van der Waals surface area contributed by atoms with Crippen LogP contribution in [0.5, 0.6) is 5.75 Å². The van der Waals surface area contributed by atoms with E-state index in [4.69, 9.17) is 4.74 Å². The molecule has 0 bridgehead atoms. The van der Waals surface area contributed by atoms with E-state index in [-0.39, 0.29) is 24.8 Å². The van der Waals surface area contributed by atoms with Crippen molar-refractivity contribution in [2.75, 3.05) is 18.5 Å². The molecule has 1 aromatic carbocycles. The van der Waals surface area contributed by atoms with Crippen molar-refractivity contribution in [1.29, 1.82) is 0 Å². The van der Waals surface area contributed by atoms with Crippen LogP contribution in [0.15, 0.2) is 24.3 Å². The van der Waals surface area contributed by atoms with E-state index in [2.05, 4.69) is 15.7 Å². The number of aromatic nitrogens is 2. The van der Waals surface area contributed by atoms with Gasteiger partial charge in [-0.15, -0.1) is 0 Å². The number of hydrogen-bond donors (Lipinski definition) is 2. The summed E-state index contributed by atoms with van der Waals surface area (Å²) in [6.07, 6.45) is 0. The Hall–Kier alpha value is -2.90. The molecule has 0 radical (unpaired) electrons. The fourth-order valence-corrected chi connectivity index (χ4v) is 2.07. The van der Waals surface area contributed by atoms with Crippen molar-refractivity contribution < 1.29 is 18.7 Å². The third kappa shape index (κ3) is 4.31. The summed E-state index contributed by atoms with van der Waals surface area (Å²) >= 11 is 0. The number of nitrogens with zero attached hydrogens (tertiary/aromatic N) is 2. The van der Waals surface area contributed by atoms with Crippen molar-refractivity contribution in [2.45, 2.75) is 13.8 Å². The van der Waals surface area contributed by atoms with Crippen LogP contribution >= 0.6 is 0 Å². The lowest BCUT2D eigenvalue weighted by Gasteiger charge is -2.09. The number of rotatable bonds is 6. The molecule has 0 aliphatic rings. The number of ether oxygens (including phenoxy) is 1. The van der Waals surface area contributed by atoms with Crippen molar-refractivity contribution in [3.05, 3.63) is 41.5 Å². The number of hydrogen-bond acceptors (Lipinski definition) is 4. The fraction of sp³-hybridized carbons (Fsp3) is 0.312. The number of amides is 2. The highest BCUT2D eigenvalue weighted by Gasteiger charge is 2.13. The standard InChI is InChI=1S/C16H19FN4O3/c1-10-16(11(2)21(3)20-10)19-14(22)8-18-15(23)9-24-13-7-5-4-6-12(13)17/h4-7H,8-9H2,1-3H3,(H,18,23)(H,19,22). The number of carbonyl (C=O) groups is 2. The van der Waals surface area contributed by atoms with Gasteiger partial charge in [-0.25, -0.2) is 4.39 Å². The molecule has 0 fully saturated rings. The topological polar surface area (TPSA) is 85.3 Å². The first-order valence-corrected chi connectivity index (χ1v) is 7.32. The molecule has 2 rings (SSSR count). The second kappa shape index (κ2) is 7.58. The average molecular weight is 334 g/mol. The maximum Gasteiger partial charge on any atom is 0.258 e. The minimum atomic E-state index is -0.550. The van der Waals surface area contributed by atoms with Crippen LogP contribution in [-0.4, -0.2) is 34.7 Å². The monoisotopic (exact) mass is 334 g/mol. The molecule has 1 heterocycles. The lowest BCUT2D eigenvalue weighted by Crippen LogP contribution is -2.36. The number of para-hydroxylation sites is 1. The zero-order valence-corrected chi connectivity index (χ0v) is 13.7. The summed E-state index contributed by atoms with van der Waals surface area (Å²) in [6, 6.07) is 5.78. The quantitative estimate of drug-likeness (QED) is 0.834.